The van der Waals surface area contributed by atoms with E-state index >= 15 is 0 Å². The van der Waals surface area contributed by atoms with Gasteiger partial charge >= 0.3 is 6.03 Å². The number of carbonyl (C=O) groups is 1. The number of aromatic nitrogens is 2. The molecule has 1 fully saturated rings. The molecule has 116 valence electrons. The van der Waals surface area contributed by atoms with Crippen molar-refractivity contribution in [1.82, 2.24) is 15.5 Å². The van der Waals surface area contributed by atoms with Gasteiger partial charge in [-0.25, -0.2) is 4.79 Å². The zero-order valence-corrected chi connectivity index (χ0v) is 13.3. The van der Waals surface area contributed by atoms with E-state index in [9.17, 15) is 4.79 Å². The van der Waals surface area contributed by atoms with Gasteiger partial charge in [0.15, 0.2) is 0 Å². The molecule has 1 atom stereocenters. The summed E-state index contributed by atoms with van der Waals surface area (Å²) in [5.41, 5.74) is 1.25. The van der Waals surface area contributed by atoms with Crippen LogP contribution in [0.4, 0.5) is 15.6 Å². The molecule has 0 unspecified atom stereocenters. The highest BCUT2D eigenvalue weighted by atomic mass is 32.1. The maximum Gasteiger partial charge on any atom is 0.321 e. The number of nitrogens with one attached hydrogen (secondary N) is 2. The van der Waals surface area contributed by atoms with Crippen molar-refractivity contribution in [1.29, 1.82) is 0 Å². The van der Waals surface area contributed by atoms with E-state index < -0.39 is 0 Å². The zero-order valence-electron chi connectivity index (χ0n) is 12.5. The minimum atomic E-state index is -0.214. The number of anilines is 2. The summed E-state index contributed by atoms with van der Waals surface area (Å²) in [6.07, 6.45) is 1.09. The Morgan fingerprint density at radius 1 is 1.36 bits per heavy atom. The summed E-state index contributed by atoms with van der Waals surface area (Å²) in [7, 11) is 0. The molecule has 6 nitrogen and oxygen atoms in total. The number of para-hydroxylation sites is 1. The van der Waals surface area contributed by atoms with E-state index in [0.717, 1.165) is 24.5 Å². The van der Waals surface area contributed by atoms with Gasteiger partial charge in [0.05, 0.1) is 0 Å². The smallest absolute Gasteiger partial charge is 0.321 e. The molecule has 1 aliphatic rings. The number of benzene rings is 1. The Morgan fingerprint density at radius 2 is 2.18 bits per heavy atom. The van der Waals surface area contributed by atoms with Crippen LogP contribution in [0.3, 0.4) is 0 Å². The van der Waals surface area contributed by atoms with E-state index in [1.165, 1.54) is 17.0 Å². The zero-order chi connectivity index (χ0) is 15.4. The van der Waals surface area contributed by atoms with Crippen LogP contribution in [0.15, 0.2) is 30.3 Å². The monoisotopic (exact) mass is 317 g/mol. The van der Waals surface area contributed by atoms with Crippen molar-refractivity contribution < 1.29 is 4.79 Å². The van der Waals surface area contributed by atoms with E-state index in [1.54, 1.807) is 0 Å². The Morgan fingerprint density at radius 3 is 2.91 bits per heavy atom. The molecule has 1 saturated heterocycles. The van der Waals surface area contributed by atoms with Crippen LogP contribution in [0.5, 0.6) is 0 Å². The standard InChI is InChI=1S/C15H19N5OS/c1-11-18-19-15(22-11)17-14(21)16-9-12-7-8-20(10-12)13-5-3-2-4-6-13/h2-6,12H,7-10H2,1H3,(H2,16,17,19,21)/t12-/m0/s1. The summed E-state index contributed by atoms with van der Waals surface area (Å²) in [4.78, 5) is 14.2. The highest BCUT2D eigenvalue weighted by Gasteiger charge is 2.23. The van der Waals surface area contributed by atoms with E-state index in [2.05, 4.69) is 50.0 Å². The molecular formula is C15H19N5OS. The third-order valence-electron chi connectivity index (χ3n) is 3.70. The predicted octanol–water partition coefficient (Wildman–Crippen LogP) is 2.49. The van der Waals surface area contributed by atoms with Crippen LogP contribution in [-0.4, -0.2) is 35.9 Å². The van der Waals surface area contributed by atoms with Gasteiger partial charge in [-0.15, -0.1) is 10.2 Å². The van der Waals surface area contributed by atoms with Crippen LogP contribution >= 0.6 is 11.3 Å². The maximum atomic E-state index is 11.8. The van der Waals surface area contributed by atoms with Gasteiger partial charge in [-0.2, -0.15) is 0 Å². The molecule has 2 N–H and O–H groups in total. The Balaban J connectivity index is 1.44. The lowest BCUT2D eigenvalue weighted by atomic mass is 10.1. The Hall–Kier alpha value is -2.15. The van der Waals surface area contributed by atoms with Crippen LogP contribution in [-0.2, 0) is 0 Å². The van der Waals surface area contributed by atoms with E-state index in [4.69, 9.17) is 0 Å². The van der Waals surface area contributed by atoms with Gasteiger partial charge in [0.1, 0.15) is 5.01 Å². The number of hydrogen-bond donors (Lipinski definition) is 2. The molecule has 0 spiro atoms. The lowest BCUT2D eigenvalue weighted by Crippen LogP contribution is -2.34. The predicted molar refractivity (Wildman–Crippen MR) is 88.4 cm³/mol. The van der Waals surface area contributed by atoms with E-state index in [0.29, 0.717) is 17.6 Å². The Labute approximate surface area is 133 Å². The molecular weight excluding hydrogens is 298 g/mol. The fourth-order valence-electron chi connectivity index (χ4n) is 2.60. The largest absolute Gasteiger partial charge is 0.371 e. The van der Waals surface area contributed by atoms with Crippen molar-refractivity contribution >= 4 is 28.2 Å². The minimum Gasteiger partial charge on any atom is -0.371 e. The van der Waals surface area contributed by atoms with E-state index in [-0.39, 0.29) is 6.03 Å². The number of carbonyl (C=O) groups excluding carboxylic acids is 1. The number of rotatable bonds is 4. The summed E-state index contributed by atoms with van der Waals surface area (Å²) < 4.78 is 0. The average Bonchev–Trinajstić information content (AvgIpc) is 3.15. The molecule has 1 aromatic carbocycles. The second kappa shape index (κ2) is 6.74. The SMILES string of the molecule is Cc1nnc(NC(=O)NC[C@@H]2CCN(c3ccccc3)C2)s1. The van der Waals surface area contributed by atoms with Crippen molar-refractivity contribution in [3.8, 4) is 0 Å². The van der Waals surface area contributed by atoms with Crippen molar-refractivity contribution in [2.75, 3.05) is 29.9 Å². The van der Waals surface area contributed by atoms with Gasteiger partial charge in [0, 0.05) is 25.3 Å². The fourth-order valence-corrected chi connectivity index (χ4v) is 3.18. The third-order valence-corrected chi connectivity index (χ3v) is 4.46. The van der Waals surface area contributed by atoms with Crippen LogP contribution < -0.4 is 15.5 Å². The number of hydrogen-bond acceptors (Lipinski definition) is 5. The maximum absolute atomic E-state index is 11.8. The van der Waals surface area contributed by atoms with E-state index in [1.807, 2.05) is 13.0 Å². The summed E-state index contributed by atoms with van der Waals surface area (Å²) in [6.45, 7) is 4.54. The van der Waals surface area contributed by atoms with Gasteiger partial charge in [-0.05, 0) is 31.4 Å². The first kappa shape index (κ1) is 14.8. The number of aryl methyl sites for hydroxylation is 1. The molecule has 3 rings (SSSR count). The molecule has 2 aromatic rings. The third kappa shape index (κ3) is 3.73. The molecule has 0 radical (unpaired) electrons. The topological polar surface area (TPSA) is 70.1 Å². The van der Waals surface area contributed by atoms with Gasteiger partial charge < -0.3 is 10.2 Å². The Kier molecular flexibility index (Phi) is 4.53. The molecule has 0 saturated carbocycles. The molecule has 1 aromatic heterocycles. The van der Waals surface area contributed by atoms with Crippen LogP contribution in [0.2, 0.25) is 0 Å². The first-order valence-electron chi connectivity index (χ1n) is 7.35. The molecule has 2 heterocycles. The highest BCUT2D eigenvalue weighted by molar-refractivity contribution is 7.15. The number of nitrogens with zero attached hydrogens (tertiary/aromatic N) is 3. The number of amides is 2. The molecule has 22 heavy (non-hydrogen) atoms. The second-order valence-electron chi connectivity index (χ2n) is 5.40. The quantitative estimate of drug-likeness (QED) is 0.909. The molecule has 0 bridgehead atoms. The summed E-state index contributed by atoms with van der Waals surface area (Å²) in [5.74, 6) is 0.474. The average molecular weight is 317 g/mol. The molecule has 7 heteroatoms. The lowest BCUT2D eigenvalue weighted by Gasteiger charge is -2.18. The van der Waals surface area contributed by atoms with Crippen molar-refractivity contribution in [3.63, 3.8) is 0 Å². The normalized spacial score (nSPS) is 17.5. The van der Waals surface area contributed by atoms with Crippen LogP contribution in [0.1, 0.15) is 11.4 Å². The lowest BCUT2D eigenvalue weighted by molar-refractivity contribution is 0.250. The van der Waals surface area contributed by atoms with Crippen molar-refractivity contribution in [3.05, 3.63) is 35.3 Å². The summed E-state index contributed by atoms with van der Waals surface area (Å²) >= 11 is 1.37. The Bertz CT molecular complexity index is 630. The van der Waals surface area contributed by atoms with Crippen molar-refractivity contribution in [2.45, 2.75) is 13.3 Å². The second-order valence-corrected chi connectivity index (χ2v) is 6.58. The van der Waals surface area contributed by atoms with Gasteiger partial charge in [0.25, 0.3) is 0 Å². The molecule has 2 amide bonds. The van der Waals surface area contributed by atoms with Gasteiger partial charge in [0.2, 0.25) is 5.13 Å². The molecule has 1 aliphatic heterocycles. The summed E-state index contributed by atoms with van der Waals surface area (Å²) in [5, 5.41) is 14.7. The number of urea groups is 1. The fraction of sp³-hybridized carbons (Fsp3) is 0.400. The summed E-state index contributed by atoms with van der Waals surface area (Å²) in [6, 6.07) is 10.2. The first-order valence-corrected chi connectivity index (χ1v) is 8.17. The minimum absolute atomic E-state index is 0.214. The van der Waals surface area contributed by atoms with Crippen LogP contribution in [0, 0.1) is 12.8 Å². The van der Waals surface area contributed by atoms with Gasteiger partial charge in [-0.3, -0.25) is 5.32 Å². The molecule has 0 aliphatic carbocycles. The van der Waals surface area contributed by atoms with Gasteiger partial charge in [-0.1, -0.05) is 29.5 Å². The highest BCUT2D eigenvalue weighted by Crippen LogP contribution is 2.23. The van der Waals surface area contributed by atoms with Crippen LogP contribution in [0.25, 0.3) is 0 Å². The first-order chi connectivity index (χ1) is 10.7. The van der Waals surface area contributed by atoms with Crippen molar-refractivity contribution in [2.24, 2.45) is 5.92 Å².